The van der Waals surface area contributed by atoms with Crippen molar-refractivity contribution in [3.05, 3.63) is 70.4 Å². The maximum atomic E-state index is 13.9. The molecule has 1 aliphatic heterocycles. The highest BCUT2D eigenvalue weighted by Gasteiger charge is 2.22. The number of fused-ring (bicyclic) bond motifs is 1. The fourth-order valence-electron chi connectivity index (χ4n) is 3.69. The van der Waals surface area contributed by atoms with Crippen molar-refractivity contribution >= 4 is 16.7 Å². The van der Waals surface area contributed by atoms with Crippen LogP contribution in [0, 0.1) is 5.82 Å². The van der Waals surface area contributed by atoms with Crippen molar-refractivity contribution in [1.29, 1.82) is 0 Å². The Morgan fingerprint density at radius 3 is 2.63 bits per heavy atom. The Balaban J connectivity index is 1.35. The molecule has 3 aromatic rings. The summed E-state index contributed by atoms with van der Waals surface area (Å²) in [7, 11) is 1.44. The molecule has 0 radical (unpaired) electrons. The Morgan fingerprint density at radius 2 is 1.90 bits per heavy atom. The Kier molecular flexibility index (Phi) is 5.76. The number of hydrogen-bond acceptors (Lipinski definition) is 5. The van der Waals surface area contributed by atoms with Crippen molar-refractivity contribution in [2.75, 3.05) is 33.3 Å². The van der Waals surface area contributed by atoms with Crippen molar-refractivity contribution in [3.8, 4) is 5.75 Å². The molecule has 1 amide bonds. The Labute approximate surface area is 173 Å². The summed E-state index contributed by atoms with van der Waals surface area (Å²) < 4.78 is 20.0. The molecule has 2 aromatic carbocycles. The van der Waals surface area contributed by atoms with Crippen LogP contribution in [0.5, 0.6) is 5.75 Å². The van der Waals surface area contributed by atoms with E-state index in [1.54, 1.807) is 29.3 Å². The SMILES string of the molecule is COc1ccc(CN2CCN(C(=O)Cn3ncc4ccccc4c3=O)CC2)cc1F. The maximum Gasteiger partial charge on any atom is 0.275 e. The van der Waals surface area contributed by atoms with Crippen LogP contribution < -0.4 is 10.3 Å². The molecule has 2 heterocycles. The van der Waals surface area contributed by atoms with Gasteiger partial charge in [-0.1, -0.05) is 24.3 Å². The van der Waals surface area contributed by atoms with Crippen LogP contribution in [0.3, 0.4) is 0 Å². The molecule has 1 aromatic heterocycles. The Hall–Kier alpha value is -3.26. The maximum absolute atomic E-state index is 13.9. The molecule has 0 spiro atoms. The Morgan fingerprint density at radius 1 is 1.13 bits per heavy atom. The first kappa shape index (κ1) is 20.0. The molecule has 0 aliphatic carbocycles. The molecule has 4 rings (SSSR count). The van der Waals surface area contributed by atoms with Crippen LogP contribution in [0.2, 0.25) is 0 Å². The van der Waals surface area contributed by atoms with E-state index >= 15 is 0 Å². The van der Waals surface area contributed by atoms with Gasteiger partial charge in [-0.05, 0) is 23.8 Å². The van der Waals surface area contributed by atoms with E-state index in [2.05, 4.69) is 10.00 Å². The van der Waals surface area contributed by atoms with Gasteiger partial charge in [-0.25, -0.2) is 9.07 Å². The fourth-order valence-corrected chi connectivity index (χ4v) is 3.69. The minimum atomic E-state index is -0.378. The number of rotatable bonds is 5. The van der Waals surface area contributed by atoms with Crippen molar-refractivity contribution < 1.29 is 13.9 Å². The Bertz CT molecular complexity index is 1120. The number of benzene rings is 2. The smallest absolute Gasteiger partial charge is 0.275 e. The molecule has 1 aliphatic rings. The summed E-state index contributed by atoms with van der Waals surface area (Å²) in [5.41, 5.74) is 0.599. The van der Waals surface area contributed by atoms with Gasteiger partial charge in [0, 0.05) is 38.1 Å². The van der Waals surface area contributed by atoms with Gasteiger partial charge in [-0.15, -0.1) is 0 Å². The molecule has 0 bridgehead atoms. The summed E-state index contributed by atoms with van der Waals surface area (Å²) in [5, 5.41) is 5.45. The quantitative estimate of drug-likeness (QED) is 0.643. The minimum absolute atomic E-state index is 0.0760. The first-order valence-electron chi connectivity index (χ1n) is 9.82. The van der Waals surface area contributed by atoms with Crippen LogP contribution in [-0.4, -0.2) is 58.8 Å². The van der Waals surface area contributed by atoms with Crippen LogP contribution in [0.1, 0.15) is 5.56 Å². The van der Waals surface area contributed by atoms with Crippen LogP contribution in [0.4, 0.5) is 4.39 Å². The number of methoxy groups -OCH3 is 1. The van der Waals surface area contributed by atoms with Gasteiger partial charge in [0.15, 0.2) is 11.6 Å². The van der Waals surface area contributed by atoms with E-state index in [1.807, 2.05) is 18.2 Å². The molecule has 7 nitrogen and oxygen atoms in total. The van der Waals surface area contributed by atoms with E-state index in [4.69, 9.17) is 4.74 Å². The second-order valence-corrected chi connectivity index (χ2v) is 7.32. The number of piperazine rings is 1. The summed E-state index contributed by atoms with van der Waals surface area (Å²) in [4.78, 5) is 29.2. The van der Waals surface area contributed by atoms with Crippen LogP contribution in [0.25, 0.3) is 10.8 Å². The van der Waals surface area contributed by atoms with E-state index < -0.39 is 0 Å². The number of carbonyl (C=O) groups excluding carboxylic acids is 1. The molecular formula is C22H23FN4O3. The molecule has 8 heteroatoms. The average Bonchev–Trinajstić information content (AvgIpc) is 2.76. The number of aromatic nitrogens is 2. The third-order valence-corrected chi connectivity index (χ3v) is 5.39. The van der Waals surface area contributed by atoms with Gasteiger partial charge in [0.1, 0.15) is 6.54 Å². The third-order valence-electron chi connectivity index (χ3n) is 5.39. The zero-order valence-electron chi connectivity index (χ0n) is 16.8. The van der Waals surface area contributed by atoms with Crippen molar-refractivity contribution in [2.24, 2.45) is 0 Å². The predicted molar refractivity (Wildman–Crippen MR) is 111 cm³/mol. The number of hydrogen-bond donors (Lipinski definition) is 0. The molecule has 1 saturated heterocycles. The summed E-state index contributed by atoms with van der Waals surface area (Å²) in [5.74, 6) is -0.279. The van der Waals surface area contributed by atoms with Gasteiger partial charge in [0.25, 0.3) is 5.56 Å². The highest BCUT2D eigenvalue weighted by Crippen LogP contribution is 2.19. The molecule has 0 N–H and O–H groups in total. The first-order chi connectivity index (χ1) is 14.5. The van der Waals surface area contributed by atoms with Gasteiger partial charge in [0.2, 0.25) is 5.91 Å². The number of ether oxygens (including phenoxy) is 1. The number of halogens is 1. The summed E-state index contributed by atoms with van der Waals surface area (Å²) in [6.45, 7) is 3.00. The molecule has 0 saturated carbocycles. The van der Waals surface area contributed by atoms with Crippen LogP contribution in [0.15, 0.2) is 53.5 Å². The monoisotopic (exact) mass is 410 g/mol. The summed E-state index contributed by atoms with van der Waals surface area (Å²) in [6.07, 6.45) is 1.61. The van der Waals surface area contributed by atoms with Gasteiger partial charge in [-0.2, -0.15) is 5.10 Å². The zero-order valence-corrected chi connectivity index (χ0v) is 16.8. The van der Waals surface area contributed by atoms with Gasteiger partial charge < -0.3 is 9.64 Å². The normalized spacial score (nSPS) is 14.8. The lowest BCUT2D eigenvalue weighted by atomic mass is 10.2. The van der Waals surface area contributed by atoms with E-state index in [9.17, 15) is 14.0 Å². The number of amides is 1. The largest absolute Gasteiger partial charge is 0.494 e. The second-order valence-electron chi connectivity index (χ2n) is 7.32. The van der Waals surface area contributed by atoms with Gasteiger partial charge in [-0.3, -0.25) is 14.5 Å². The lowest BCUT2D eigenvalue weighted by Crippen LogP contribution is -2.49. The molecule has 1 fully saturated rings. The van der Waals surface area contributed by atoms with E-state index in [0.29, 0.717) is 38.1 Å². The summed E-state index contributed by atoms with van der Waals surface area (Å²) in [6, 6.07) is 12.2. The number of carbonyl (C=O) groups is 1. The van der Waals surface area contributed by atoms with Crippen molar-refractivity contribution in [1.82, 2.24) is 19.6 Å². The standard InChI is InChI=1S/C22H23FN4O3/c1-30-20-7-6-16(12-19(20)23)14-25-8-10-26(11-9-25)21(28)15-27-22(29)18-5-3-2-4-17(18)13-24-27/h2-7,12-13H,8-11,14-15H2,1H3. The van der Waals surface area contributed by atoms with E-state index in [1.165, 1.54) is 17.9 Å². The third kappa shape index (κ3) is 4.18. The lowest BCUT2D eigenvalue weighted by molar-refractivity contribution is -0.133. The highest BCUT2D eigenvalue weighted by molar-refractivity contribution is 5.81. The van der Waals surface area contributed by atoms with Crippen LogP contribution >= 0.6 is 0 Å². The van der Waals surface area contributed by atoms with E-state index in [-0.39, 0.29) is 29.6 Å². The minimum Gasteiger partial charge on any atom is -0.494 e. The fraction of sp³-hybridized carbons (Fsp3) is 0.318. The van der Waals surface area contributed by atoms with Crippen molar-refractivity contribution in [3.63, 3.8) is 0 Å². The molecule has 30 heavy (non-hydrogen) atoms. The number of nitrogens with zero attached hydrogens (tertiary/aromatic N) is 4. The summed E-state index contributed by atoms with van der Waals surface area (Å²) >= 11 is 0. The van der Waals surface area contributed by atoms with E-state index in [0.717, 1.165) is 10.9 Å². The second kappa shape index (κ2) is 8.62. The first-order valence-corrected chi connectivity index (χ1v) is 9.82. The zero-order chi connectivity index (χ0) is 21.1. The lowest BCUT2D eigenvalue weighted by Gasteiger charge is -2.34. The average molecular weight is 410 g/mol. The topological polar surface area (TPSA) is 67.7 Å². The van der Waals surface area contributed by atoms with Gasteiger partial charge >= 0.3 is 0 Å². The molecular weight excluding hydrogens is 387 g/mol. The molecule has 156 valence electrons. The van der Waals surface area contributed by atoms with Gasteiger partial charge in [0.05, 0.1) is 18.7 Å². The molecule has 0 unspecified atom stereocenters. The molecule has 0 atom stereocenters. The highest BCUT2D eigenvalue weighted by atomic mass is 19.1. The predicted octanol–water partition coefficient (Wildman–Crippen LogP) is 1.89. The van der Waals surface area contributed by atoms with Crippen molar-refractivity contribution in [2.45, 2.75) is 13.1 Å². The van der Waals surface area contributed by atoms with Crippen LogP contribution in [-0.2, 0) is 17.9 Å².